The zero-order valence-corrected chi connectivity index (χ0v) is 11.8. The van der Waals surface area contributed by atoms with E-state index in [9.17, 15) is 4.55 Å². The summed E-state index contributed by atoms with van der Waals surface area (Å²) in [5.41, 5.74) is 0. The van der Waals surface area contributed by atoms with Crippen molar-refractivity contribution in [1.29, 1.82) is 0 Å². The predicted octanol–water partition coefficient (Wildman–Crippen LogP) is 3.81. The number of benzene rings is 1. The molecule has 0 N–H and O–H groups in total. The van der Waals surface area contributed by atoms with E-state index in [0.717, 1.165) is 12.8 Å². The van der Waals surface area contributed by atoms with Crippen molar-refractivity contribution in [1.82, 2.24) is 0 Å². The highest BCUT2D eigenvalue weighted by Crippen LogP contribution is 2.27. The number of fused-ring (bicyclic) bond motifs is 1. The van der Waals surface area contributed by atoms with Gasteiger partial charge in [0.1, 0.15) is 5.25 Å². The molecule has 0 aliphatic rings. The molecule has 0 bridgehead atoms. The molecule has 2 aromatic rings. The van der Waals surface area contributed by atoms with Crippen molar-refractivity contribution in [3.8, 4) is 0 Å². The maximum absolute atomic E-state index is 11.6. The third kappa shape index (κ3) is 3.24. The summed E-state index contributed by atoms with van der Waals surface area (Å²) in [6.45, 7) is 2.03. The van der Waals surface area contributed by atoms with Gasteiger partial charge in [-0.3, -0.25) is 0 Å². The van der Waals surface area contributed by atoms with Crippen molar-refractivity contribution in [2.45, 2.75) is 25.0 Å². The van der Waals surface area contributed by atoms with Gasteiger partial charge in [0.25, 0.3) is 0 Å². The van der Waals surface area contributed by atoms with Crippen molar-refractivity contribution in [3.63, 3.8) is 0 Å². The molecule has 1 nitrogen and oxygen atoms in total. The molecule has 1 radical (unpaired) electrons. The molecular weight excluding hydrogens is 248 g/mol. The predicted molar refractivity (Wildman–Crippen MR) is 78.0 cm³/mol. The average molecular weight is 265 g/mol. The molecule has 0 fully saturated rings. The molecule has 0 amide bonds. The first-order chi connectivity index (χ1) is 8.20. The standard InChI is InChI=1S/C14H17OS2/c1-3-6-13(17(2)15)10-12-9-11-7-4-5-8-14(11)16-12/h3-5,7-9,13H,6,10H2,1-2H3. The van der Waals surface area contributed by atoms with E-state index in [0.29, 0.717) is 0 Å². The fourth-order valence-electron chi connectivity index (χ4n) is 1.96. The van der Waals surface area contributed by atoms with Gasteiger partial charge in [0.05, 0.1) is 6.26 Å². The third-order valence-corrected chi connectivity index (χ3v) is 5.31. The summed E-state index contributed by atoms with van der Waals surface area (Å²) < 4.78 is 13.0. The van der Waals surface area contributed by atoms with Crippen LogP contribution < -0.4 is 0 Å². The lowest BCUT2D eigenvalue weighted by Crippen LogP contribution is -2.22. The van der Waals surface area contributed by atoms with Crippen molar-refractivity contribution >= 4 is 32.6 Å². The van der Waals surface area contributed by atoms with Gasteiger partial charge in [-0.2, -0.15) is 0 Å². The van der Waals surface area contributed by atoms with Crippen LogP contribution in [0.3, 0.4) is 0 Å². The van der Waals surface area contributed by atoms with Crippen LogP contribution >= 0.6 is 11.3 Å². The van der Waals surface area contributed by atoms with E-state index >= 15 is 0 Å². The Hall–Kier alpha value is -0.510. The molecule has 3 heteroatoms. The van der Waals surface area contributed by atoms with Gasteiger partial charge in [0, 0.05) is 16.0 Å². The second kappa shape index (κ2) is 5.89. The molecule has 0 aliphatic carbocycles. The molecule has 1 aromatic carbocycles. The van der Waals surface area contributed by atoms with Crippen LogP contribution in [0.15, 0.2) is 30.3 Å². The Morgan fingerprint density at radius 3 is 2.82 bits per heavy atom. The second-order valence-corrected chi connectivity index (χ2v) is 7.05. The van der Waals surface area contributed by atoms with Gasteiger partial charge in [-0.05, 0) is 30.4 Å². The van der Waals surface area contributed by atoms with E-state index in [-0.39, 0.29) is 5.25 Å². The molecule has 1 aromatic heterocycles. The minimum absolute atomic E-state index is 0.257. The molecule has 0 saturated heterocycles. The quantitative estimate of drug-likeness (QED) is 0.754. The van der Waals surface area contributed by atoms with Gasteiger partial charge in [-0.15, -0.1) is 11.3 Å². The molecular formula is C14H17OS2. The second-order valence-electron chi connectivity index (χ2n) is 4.22. The largest absolute Gasteiger partial charge is 0.616 e. The van der Waals surface area contributed by atoms with E-state index in [4.69, 9.17) is 0 Å². The Morgan fingerprint density at radius 2 is 2.18 bits per heavy atom. The monoisotopic (exact) mass is 265 g/mol. The molecule has 1 heterocycles. The van der Waals surface area contributed by atoms with Gasteiger partial charge < -0.3 is 4.55 Å². The van der Waals surface area contributed by atoms with Crippen LogP contribution in [0.2, 0.25) is 0 Å². The maximum Gasteiger partial charge on any atom is 0.120 e. The van der Waals surface area contributed by atoms with Gasteiger partial charge in [0.2, 0.25) is 0 Å². The SMILES string of the molecule is C[CH]CC(Cc1cc2ccccc2s1)[S+](C)[O-]. The van der Waals surface area contributed by atoms with E-state index in [2.05, 4.69) is 36.8 Å². The zero-order valence-electron chi connectivity index (χ0n) is 10.2. The molecule has 0 saturated carbocycles. The van der Waals surface area contributed by atoms with Gasteiger partial charge in [0.15, 0.2) is 0 Å². The highest BCUT2D eigenvalue weighted by atomic mass is 32.2. The normalized spacial score (nSPS) is 15.0. The van der Waals surface area contributed by atoms with Gasteiger partial charge >= 0.3 is 0 Å². The minimum Gasteiger partial charge on any atom is -0.616 e. The lowest BCUT2D eigenvalue weighted by Gasteiger charge is -2.16. The molecule has 2 unspecified atom stereocenters. The first-order valence-electron chi connectivity index (χ1n) is 5.78. The topological polar surface area (TPSA) is 23.1 Å². The van der Waals surface area contributed by atoms with Crippen LogP contribution in [0.5, 0.6) is 0 Å². The number of hydrogen-bond acceptors (Lipinski definition) is 2. The summed E-state index contributed by atoms with van der Waals surface area (Å²) in [6.07, 6.45) is 5.77. The molecule has 17 heavy (non-hydrogen) atoms. The van der Waals surface area contributed by atoms with Crippen LogP contribution in [0, 0.1) is 6.42 Å². The minimum atomic E-state index is -0.750. The van der Waals surface area contributed by atoms with E-state index in [1.807, 2.05) is 24.5 Å². The number of hydrogen-bond donors (Lipinski definition) is 0. The van der Waals surface area contributed by atoms with E-state index in [1.165, 1.54) is 15.0 Å². The first kappa shape index (κ1) is 12.9. The third-order valence-electron chi connectivity index (χ3n) is 2.87. The summed E-state index contributed by atoms with van der Waals surface area (Å²) in [4.78, 5) is 1.34. The maximum atomic E-state index is 11.6. The first-order valence-corrected chi connectivity index (χ1v) is 8.22. The lowest BCUT2D eigenvalue weighted by atomic mass is 10.1. The fraction of sp³-hybridized carbons (Fsp3) is 0.357. The van der Waals surface area contributed by atoms with Gasteiger partial charge in [-0.25, -0.2) is 0 Å². The molecule has 0 aliphatic heterocycles. The Morgan fingerprint density at radius 1 is 1.41 bits per heavy atom. The number of rotatable bonds is 5. The summed E-state index contributed by atoms with van der Waals surface area (Å²) >= 11 is 1.07. The Kier molecular flexibility index (Phi) is 4.48. The highest BCUT2D eigenvalue weighted by Gasteiger charge is 2.19. The zero-order chi connectivity index (χ0) is 12.3. The van der Waals surface area contributed by atoms with Crippen LogP contribution in [-0.4, -0.2) is 16.1 Å². The Labute approximate surface area is 110 Å². The number of thiophene rings is 1. The van der Waals surface area contributed by atoms with Crippen LogP contribution in [0.1, 0.15) is 18.2 Å². The Bertz CT molecular complexity index is 443. The highest BCUT2D eigenvalue weighted by molar-refractivity contribution is 7.91. The summed E-state index contributed by atoms with van der Waals surface area (Å²) in [7, 11) is 0. The van der Waals surface area contributed by atoms with Crippen LogP contribution in [0.4, 0.5) is 0 Å². The van der Waals surface area contributed by atoms with Crippen molar-refractivity contribution in [2.75, 3.05) is 6.26 Å². The molecule has 91 valence electrons. The van der Waals surface area contributed by atoms with E-state index < -0.39 is 11.2 Å². The summed E-state index contributed by atoms with van der Waals surface area (Å²) in [5.74, 6) is 0. The Balaban J connectivity index is 2.16. The smallest absolute Gasteiger partial charge is 0.120 e. The van der Waals surface area contributed by atoms with Crippen LogP contribution in [0.25, 0.3) is 10.1 Å². The lowest BCUT2D eigenvalue weighted by molar-refractivity contribution is 0.581. The average Bonchev–Trinajstić information content (AvgIpc) is 2.70. The van der Waals surface area contributed by atoms with Crippen molar-refractivity contribution in [3.05, 3.63) is 41.6 Å². The summed E-state index contributed by atoms with van der Waals surface area (Å²) in [5, 5.41) is 1.56. The molecule has 0 spiro atoms. The fourth-order valence-corrected chi connectivity index (χ4v) is 4.09. The van der Waals surface area contributed by atoms with Crippen molar-refractivity contribution in [2.24, 2.45) is 0 Å². The molecule has 2 rings (SSSR count). The van der Waals surface area contributed by atoms with E-state index in [1.54, 1.807) is 0 Å². The van der Waals surface area contributed by atoms with Crippen molar-refractivity contribution < 1.29 is 4.55 Å². The molecule has 2 atom stereocenters. The van der Waals surface area contributed by atoms with Crippen LogP contribution in [-0.2, 0) is 17.6 Å². The van der Waals surface area contributed by atoms with Gasteiger partial charge in [-0.1, -0.05) is 36.3 Å². The summed E-state index contributed by atoms with van der Waals surface area (Å²) in [6, 6.07) is 10.6.